The number of carbonyl (C=O) groups excluding carboxylic acids is 1. The Morgan fingerprint density at radius 1 is 1.06 bits per heavy atom. The molecule has 2 aromatic carbocycles. The van der Waals surface area contributed by atoms with Crippen LogP contribution in [0.5, 0.6) is 0 Å². The number of unbranched alkanes of at least 4 members (excludes halogenated alkanes) is 1. The van der Waals surface area contributed by atoms with Gasteiger partial charge in [-0.2, -0.15) is 0 Å². The summed E-state index contributed by atoms with van der Waals surface area (Å²) < 4.78 is 6.14. The van der Waals surface area contributed by atoms with Crippen molar-refractivity contribution in [1.29, 1.82) is 0 Å². The first-order valence-corrected chi connectivity index (χ1v) is 11.9. The number of aromatic nitrogens is 2. The number of hydrogen-bond acceptors (Lipinski definition) is 5. The molecule has 3 aromatic rings. The maximum absolute atomic E-state index is 11.7. The molecule has 1 saturated heterocycles. The molecule has 7 heteroatoms. The Morgan fingerprint density at radius 3 is 2.34 bits per heavy atom. The predicted octanol–water partition coefficient (Wildman–Crippen LogP) is 6.55. The summed E-state index contributed by atoms with van der Waals surface area (Å²) >= 11 is 3.48. The van der Waals surface area contributed by atoms with Crippen molar-refractivity contribution in [1.82, 2.24) is 15.0 Å². The third kappa shape index (κ3) is 5.78. The summed E-state index contributed by atoms with van der Waals surface area (Å²) in [6.07, 6.45) is 4.88. The number of rotatable bonds is 7. The number of nitrogens with one attached hydrogen (secondary N) is 1. The summed E-state index contributed by atoms with van der Waals surface area (Å²) in [7, 11) is 0. The number of benzene rings is 2. The molecule has 0 aliphatic carbocycles. The maximum atomic E-state index is 11.7. The predicted molar refractivity (Wildman–Crippen MR) is 128 cm³/mol. The van der Waals surface area contributed by atoms with Crippen LogP contribution in [0.15, 0.2) is 59.2 Å². The van der Waals surface area contributed by atoms with E-state index in [9.17, 15) is 4.79 Å². The first-order chi connectivity index (χ1) is 15.6. The van der Waals surface area contributed by atoms with Crippen molar-refractivity contribution >= 4 is 22.1 Å². The van der Waals surface area contributed by atoms with Crippen LogP contribution < -0.4 is 0 Å². The van der Waals surface area contributed by atoms with Gasteiger partial charge in [0.1, 0.15) is 5.82 Å². The molecule has 1 fully saturated rings. The molecule has 0 amide bonds. The molecular weight excluding hydrogens is 470 g/mol. The van der Waals surface area contributed by atoms with Gasteiger partial charge in [-0.15, -0.1) is 5.06 Å². The standard InChI is InChI=1S/C25H28BrN3O3/c1-2-3-16-31-25(30)32-29-14-12-21(13-15-29)24-27-17-23(28-24)20-6-4-18(5-7-20)19-8-10-22(26)11-9-19/h4-11,17,21H,2-3,12-16H2,1H3,(H,27,28). The van der Waals surface area contributed by atoms with Crippen LogP contribution in [0, 0.1) is 0 Å². The van der Waals surface area contributed by atoms with Crippen LogP contribution in [-0.2, 0) is 9.57 Å². The van der Waals surface area contributed by atoms with Crippen LogP contribution in [0.25, 0.3) is 22.4 Å². The lowest BCUT2D eigenvalue weighted by Crippen LogP contribution is -2.35. The largest absolute Gasteiger partial charge is 0.527 e. The number of H-pyrrole nitrogens is 1. The number of halogens is 1. The normalized spacial score (nSPS) is 14.9. The van der Waals surface area contributed by atoms with Crippen molar-refractivity contribution in [3.63, 3.8) is 0 Å². The van der Waals surface area contributed by atoms with E-state index in [1.54, 1.807) is 5.06 Å². The monoisotopic (exact) mass is 497 g/mol. The minimum atomic E-state index is -0.608. The number of hydroxylamine groups is 2. The van der Waals surface area contributed by atoms with Crippen molar-refractivity contribution in [2.75, 3.05) is 19.7 Å². The summed E-state index contributed by atoms with van der Waals surface area (Å²) in [5, 5.41) is 1.69. The second-order valence-electron chi connectivity index (χ2n) is 8.01. The summed E-state index contributed by atoms with van der Waals surface area (Å²) in [4.78, 5) is 25.1. The van der Waals surface area contributed by atoms with E-state index in [0.717, 1.165) is 47.2 Å². The Kier molecular flexibility index (Phi) is 7.60. The number of piperidine rings is 1. The fourth-order valence-corrected chi connectivity index (χ4v) is 4.09. The number of ether oxygens (including phenoxy) is 1. The van der Waals surface area contributed by atoms with E-state index in [0.29, 0.717) is 25.6 Å². The minimum Gasteiger partial charge on any atom is -0.433 e. The number of imidazole rings is 1. The van der Waals surface area contributed by atoms with Crippen LogP contribution >= 0.6 is 15.9 Å². The van der Waals surface area contributed by atoms with Crippen LogP contribution in [0.3, 0.4) is 0 Å². The molecule has 0 bridgehead atoms. The molecule has 4 rings (SSSR count). The molecule has 0 saturated carbocycles. The zero-order valence-corrected chi connectivity index (χ0v) is 19.8. The molecule has 0 atom stereocenters. The van der Waals surface area contributed by atoms with Gasteiger partial charge in [0.05, 0.1) is 18.5 Å². The lowest BCUT2D eigenvalue weighted by molar-refractivity contribution is -0.139. The fourth-order valence-electron chi connectivity index (χ4n) is 3.83. The molecule has 0 spiro atoms. The zero-order valence-electron chi connectivity index (χ0n) is 18.2. The Hall–Kier alpha value is -2.64. The molecule has 168 valence electrons. The van der Waals surface area contributed by atoms with Gasteiger partial charge in [-0.3, -0.25) is 0 Å². The maximum Gasteiger partial charge on any atom is 0.527 e. The second-order valence-corrected chi connectivity index (χ2v) is 8.93. The summed E-state index contributed by atoms with van der Waals surface area (Å²) in [5.74, 6) is 1.31. The number of nitrogens with zero attached hydrogens (tertiary/aromatic N) is 2. The van der Waals surface area contributed by atoms with Gasteiger partial charge in [0, 0.05) is 23.5 Å². The molecule has 0 unspecified atom stereocenters. The minimum absolute atomic E-state index is 0.321. The molecular formula is C25H28BrN3O3. The van der Waals surface area contributed by atoms with Crippen molar-refractivity contribution in [2.24, 2.45) is 0 Å². The highest BCUT2D eigenvalue weighted by Gasteiger charge is 2.25. The second kappa shape index (κ2) is 10.8. The van der Waals surface area contributed by atoms with Gasteiger partial charge in [-0.25, -0.2) is 9.78 Å². The topological polar surface area (TPSA) is 67.5 Å². The Labute approximate surface area is 197 Å². The molecule has 1 aliphatic heterocycles. The van der Waals surface area contributed by atoms with Gasteiger partial charge < -0.3 is 14.6 Å². The average molecular weight is 498 g/mol. The van der Waals surface area contributed by atoms with Crippen molar-refractivity contribution in [3.8, 4) is 22.4 Å². The SMILES string of the molecule is CCCCOC(=O)ON1CCC(c2ncc(-c3ccc(-c4ccc(Br)cc4)cc3)[nH]2)CC1. The third-order valence-electron chi connectivity index (χ3n) is 5.73. The Bertz CT molecular complexity index is 1010. The lowest BCUT2D eigenvalue weighted by Gasteiger charge is -2.29. The van der Waals surface area contributed by atoms with E-state index >= 15 is 0 Å². The number of aromatic amines is 1. The molecule has 1 aliphatic rings. The third-order valence-corrected chi connectivity index (χ3v) is 6.26. The van der Waals surface area contributed by atoms with Crippen molar-refractivity contribution in [2.45, 2.75) is 38.5 Å². The summed E-state index contributed by atoms with van der Waals surface area (Å²) in [5.41, 5.74) is 4.50. The van der Waals surface area contributed by atoms with Crippen LogP contribution in [0.2, 0.25) is 0 Å². The van der Waals surface area contributed by atoms with E-state index < -0.39 is 6.16 Å². The number of carbonyl (C=O) groups is 1. The quantitative estimate of drug-likeness (QED) is 0.296. The molecule has 32 heavy (non-hydrogen) atoms. The highest BCUT2D eigenvalue weighted by Crippen LogP contribution is 2.29. The molecule has 6 nitrogen and oxygen atoms in total. The van der Waals surface area contributed by atoms with Gasteiger partial charge in [0.15, 0.2) is 0 Å². The first-order valence-electron chi connectivity index (χ1n) is 11.1. The Morgan fingerprint density at radius 2 is 1.69 bits per heavy atom. The molecule has 2 heterocycles. The van der Waals surface area contributed by atoms with E-state index in [1.165, 1.54) is 11.1 Å². The summed E-state index contributed by atoms with van der Waals surface area (Å²) in [6.45, 7) is 3.81. The van der Waals surface area contributed by atoms with Gasteiger partial charge in [0.25, 0.3) is 0 Å². The van der Waals surface area contributed by atoms with Gasteiger partial charge in [-0.1, -0.05) is 65.7 Å². The van der Waals surface area contributed by atoms with Crippen LogP contribution in [-0.4, -0.2) is 40.9 Å². The van der Waals surface area contributed by atoms with E-state index in [-0.39, 0.29) is 0 Å². The van der Waals surface area contributed by atoms with Gasteiger partial charge in [-0.05, 0) is 48.1 Å². The smallest absolute Gasteiger partial charge is 0.433 e. The molecule has 1 aromatic heterocycles. The van der Waals surface area contributed by atoms with Crippen LogP contribution in [0.1, 0.15) is 44.3 Å². The average Bonchev–Trinajstić information content (AvgIpc) is 3.31. The van der Waals surface area contributed by atoms with Gasteiger partial charge in [0.2, 0.25) is 0 Å². The van der Waals surface area contributed by atoms with E-state index in [4.69, 9.17) is 9.57 Å². The van der Waals surface area contributed by atoms with Gasteiger partial charge >= 0.3 is 6.16 Å². The lowest BCUT2D eigenvalue weighted by atomic mass is 9.97. The first kappa shape index (κ1) is 22.6. The van der Waals surface area contributed by atoms with Crippen molar-refractivity contribution < 1.29 is 14.4 Å². The fraction of sp³-hybridized carbons (Fsp3) is 0.360. The van der Waals surface area contributed by atoms with E-state index in [1.807, 2.05) is 6.20 Å². The number of hydrogen-bond donors (Lipinski definition) is 1. The van der Waals surface area contributed by atoms with Crippen LogP contribution in [0.4, 0.5) is 4.79 Å². The van der Waals surface area contributed by atoms with Crippen molar-refractivity contribution in [3.05, 3.63) is 65.0 Å². The summed E-state index contributed by atoms with van der Waals surface area (Å²) in [6, 6.07) is 16.8. The highest BCUT2D eigenvalue weighted by atomic mass is 79.9. The molecule has 0 radical (unpaired) electrons. The highest BCUT2D eigenvalue weighted by molar-refractivity contribution is 9.10. The molecule has 1 N–H and O–H groups in total. The zero-order chi connectivity index (χ0) is 22.3. The van der Waals surface area contributed by atoms with E-state index in [2.05, 4.69) is 81.4 Å². The Balaban J connectivity index is 1.31.